The third kappa shape index (κ3) is 6.28. The fraction of sp³-hybridized carbons (Fsp3) is 0.360. The minimum atomic E-state index is -1.02. The summed E-state index contributed by atoms with van der Waals surface area (Å²) in [5.74, 6) is -1.18. The molecule has 1 aromatic carbocycles. The van der Waals surface area contributed by atoms with E-state index in [9.17, 15) is 14.0 Å². The number of benzene rings is 1. The summed E-state index contributed by atoms with van der Waals surface area (Å²) in [5, 5.41) is 13.3. The maximum atomic E-state index is 14.0. The zero-order valence-electron chi connectivity index (χ0n) is 20.4. The number of rotatable bonds is 8. The van der Waals surface area contributed by atoms with Gasteiger partial charge in [0.25, 0.3) is 0 Å². The lowest BCUT2D eigenvalue weighted by Gasteiger charge is -2.31. The molecule has 38 heavy (non-hydrogen) atoms. The van der Waals surface area contributed by atoms with Crippen LogP contribution in [0.1, 0.15) is 43.9 Å². The Morgan fingerprint density at radius 2 is 1.97 bits per heavy atom. The van der Waals surface area contributed by atoms with Gasteiger partial charge in [-0.05, 0) is 38.0 Å². The Morgan fingerprint density at radius 1 is 1.24 bits per heavy atom. The number of pyridine rings is 1. The fourth-order valence-electron chi connectivity index (χ4n) is 4.19. The van der Waals surface area contributed by atoms with E-state index in [1.165, 1.54) is 12.1 Å². The number of nitrogens with zero attached hydrogens (tertiary/aromatic N) is 4. The van der Waals surface area contributed by atoms with E-state index in [4.69, 9.17) is 43.5 Å². The number of carbonyl (C=O) groups excluding carboxylic acids is 1. The Labute approximate surface area is 228 Å². The van der Waals surface area contributed by atoms with Gasteiger partial charge in [0.05, 0.1) is 23.7 Å². The normalized spacial score (nSPS) is 14.8. The molecule has 3 aromatic rings. The number of aliphatic carboxylic acids is 1. The molecule has 0 aliphatic carbocycles. The van der Waals surface area contributed by atoms with Crippen molar-refractivity contribution in [3.05, 3.63) is 58.2 Å². The van der Waals surface area contributed by atoms with Gasteiger partial charge in [0.1, 0.15) is 18.5 Å². The van der Waals surface area contributed by atoms with Gasteiger partial charge >= 0.3 is 12.1 Å². The summed E-state index contributed by atoms with van der Waals surface area (Å²) >= 11 is 12.3. The lowest BCUT2D eigenvalue weighted by atomic mass is 10.1. The highest BCUT2D eigenvalue weighted by atomic mass is 35.5. The zero-order chi connectivity index (χ0) is 27.4. The predicted molar refractivity (Wildman–Crippen MR) is 139 cm³/mol. The van der Waals surface area contributed by atoms with Gasteiger partial charge in [-0.3, -0.25) is 9.48 Å². The van der Waals surface area contributed by atoms with Crippen molar-refractivity contribution in [1.82, 2.24) is 19.7 Å². The SMILES string of the molecule is CC(Oc1cc(-c2cnn(C3CCN(C(=O)OCCC(=O)O)CC3)c2)cnc1N)c1c(Cl)ccc(F)c1Cl. The third-order valence-corrected chi connectivity index (χ3v) is 6.96. The summed E-state index contributed by atoms with van der Waals surface area (Å²) < 4.78 is 26.8. The predicted octanol–water partition coefficient (Wildman–Crippen LogP) is 5.36. The smallest absolute Gasteiger partial charge is 0.409 e. The number of nitrogens with two attached hydrogens (primary N) is 1. The van der Waals surface area contributed by atoms with E-state index in [0.717, 1.165) is 5.56 Å². The Morgan fingerprint density at radius 3 is 2.68 bits per heavy atom. The number of anilines is 1. The van der Waals surface area contributed by atoms with Gasteiger partial charge in [0.2, 0.25) is 0 Å². The molecule has 1 unspecified atom stereocenters. The van der Waals surface area contributed by atoms with E-state index >= 15 is 0 Å². The van der Waals surface area contributed by atoms with E-state index in [1.807, 2.05) is 10.9 Å². The summed E-state index contributed by atoms with van der Waals surface area (Å²) in [6, 6.07) is 4.39. The minimum absolute atomic E-state index is 0.0709. The molecule has 1 amide bonds. The van der Waals surface area contributed by atoms with Gasteiger partial charge in [-0.2, -0.15) is 5.10 Å². The van der Waals surface area contributed by atoms with Crippen LogP contribution in [0.2, 0.25) is 10.0 Å². The first-order chi connectivity index (χ1) is 18.1. The van der Waals surface area contributed by atoms with Gasteiger partial charge in [-0.1, -0.05) is 23.2 Å². The van der Waals surface area contributed by atoms with Crippen LogP contribution in [0.3, 0.4) is 0 Å². The second kappa shape index (κ2) is 11.9. The average molecular weight is 566 g/mol. The third-order valence-electron chi connectivity index (χ3n) is 6.24. The van der Waals surface area contributed by atoms with Crippen molar-refractivity contribution in [2.24, 2.45) is 0 Å². The van der Waals surface area contributed by atoms with E-state index in [1.54, 1.807) is 30.3 Å². The van der Waals surface area contributed by atoms with Crippen molar-refractivity contribution in [3.8, 4) is 16.9 Å². The lowest BCUT2D eigenvalue weighted by molar-refractivity contribution is -0.137. The van der Waals surface area contributed by atoms with E-state index in [-0.39, 0.29) is 40.7 Å². The van der Waals surface area contributed by atoms with Crippen molar-refractivity contribution < 1.29 is 28.6 Å². The van der Waals surface area contributed by atoms with Crippen molar-refractivity contribution in [2.75, 3.05) is 25.4 Å². The molecule has 1 aliphatic rings. The van der Waals surface area contributed by atoms with Crippen molar-refractivity contribution in [2.45, 2.75) is 38.3 Å². The molecular weight excluding hydrogens is 540 g/mol. The van der Waals surface area contributed by atoms with Crippen LogP contribution >= 0.6 is 23.2 Å². The maximum absolute atomic E-state index is 14.0. The summed E-state index contributed by atoms with van der Waals surface area (Å²) in [6.07, 6.45) is 5.07. The second-order valence-corrected chi connectivity index (χ2v) is 9.59. The molecule has 13 heteroatoms. The second-order valence-electron chi connectivity index (χ2n) is 8.81. The van der Waals surface area contributed by atoms with Crippen LogP contribution in [0.15, 0.2) is 36.8 Å². The highest BCUT2D eigenvalue weighted by Gasteiger charge is 2.26. The summed E-state index contributed by atoms with van der Waals surface area (Å²) in [5.41, 5.74) is 7.84. The van der Waals surface area contributed by atoms with Crippen LogP contribution in [-0.4, -0.2) is 56.5 Å². The first kappa shape index (κ1) is 27.5. The molecule has 0 radical (unpaired) electrons. The molecule has 4 rings (SSSR count). The van der Waals surface area contributed by atoms with Gasteiger partial charge in [-0.15, -0.1) is 0 Å². The molecule has 3 heterocycles. The van der Waals surface area contributed by atoms with Crippen molar-refractivity contribution >= 4 is 41.1 Å². The van der Waals surface area contributed by atoms with E-state index < -0.39 is 24.0 Å². The number of hydrogen-bond donors (Lipinski definition) is 2. The van der Waals surface area contributed by atoms with Gasteiger partial charge in [0.15, 0.2) is 11.6 Å². The largest absolute Gasteiger partial charge is 0.482 e. The summed E-state index contributed by atoms with van der Waals surface area (Å²) in [7, 11) is 0. The van der Waals surface area contributed by atoms with Gasteiger partial charge in [-0.25, -0.2) is 14.2 Å². The van der Waals surface area contributed by atoms with Crippen LogP contribution in [0.25, 0.3) is 11.1 Å². The molecule has 0 saturated carbocycles. The van der Waals surface area contributed by atoms with Crippen LogP contribution < -0.4 is 10.5 Å². The average Bonchev–Trinajstić information content (AvgIpc) is 3.38. The number of amides is 1. The highest BCUT2D eigenvalue weighted by molar-refractivity contribution is 6.36. The topological polar surface area (TPSA) is 133 Å². The number of carbonyl (C=O) groups is 2. The number of halogens is 3. The molecular formula is C25H26Cl2FN5O5. The van der Waals surface area contributed by atoms with Gasteiger partial charge < -0.3 is 25.2 Å². The Bertz CT molecular complexity index is 1330. The molecule has 1 fully saturated rings. The number of hydrogen-bond acceptors (Lipinski definition) is 7. The standard InChI is InChI=1S/C25H26Cl2FN5O5/c1-14(22-18(26)2-3-19(28)23(22)27)38-20-10-15(11-30-24(20)29)16-12-31-33(13-16)17-4-7-32(8-5-17)25(36)37-9-6-21(34)35/h2-3,10-14,17H,4-9H2,1H3,(H2,29,30)(H,34,35). The molecule has 1 atom stereocenters. The Kier molecular flexibility index (Phi) is 8.58. The minimum Gasteiger partial charge on any atom is -0.482 e. The van der Waals surface area contributed by atoms with Gasteiger partial charge in [0, 0.05) is 47.2 Å². The van der Waals surface area contributed by atoms with E-state index in [0.29, 0.717) is 37.1 Å². The quantitative estimate of drug-likeness (QED) is 0.348. The van der Waals surface area contributed by atoms with Crippen LogP contribution in [0, 0.1) is 5.82 Å². The van der Waals surface area contributed by atoms with Crippen molar-refractivity contribution in [3.63, 3.8) is 0 Å². The Balaban J connectivity index is 1.41. The number of likely N-dealkylation sites (tertiary alicyclic amines) is 1. The molecule has 1 aliphatic heterocycles. The van der Waals surface area contributed by atoms with E-state index in [2.05, 4.69) is 10.1 Å². The summed E-state index contributed by atoms with van der Waals surface area (Å²) in [6.45, 7) is 2.47. The number of carboxylic acid groups (broad SMARTS) is 1. The maximum Gasteiger partial charge on any atom is 0.409 e. The molecule has 0 spiro atoms. The Hall–Kier alpha value is -3.57. The fourth-order valence-corrected chi connectivity index (χ4v) is 4.87. The molecule has 3 N–H and O–H groups in total. The monoisotopic (exact) mass is 565 g/mol. The molecule has 10 nitrogen and oxygen atoms in total. The van der Waals surface area contributed by atoms with Crippen molar-refractivity contribution in [1.29, 1.82) is 0 Å². The number of piperidine rings is 1. The van der Waals surface area contributed by atoms with Crippen LogP contribution in [0.5, 0.6) is 5.75 Å². The lowest BCUT2D eigenvalue weighted by Crippen LogP contribution is -2.39. The summed E-state index contributed by atoms with van der Waals surface area (Å²) in [4.78, 5) is 28.5. The molecule has 0 bridgehead atoms. The molecule has 1 saturated heterocycles. The first-order valence-electron chi connectivity index (χ1n) is 11.9. The molecule has 202 valence electrons. The van der Waals surface area contributed by atoms with Crippen LogP contribution in [0.4, 0.5) is 15.0 Å². The van der Waals surface area contributed by atoms with Crippen LogP contribution in [-0.2, 0) is 9.53 Å². The zero-order valence-corrected chi connectivity index (χ0v) is 22.0. The number of aromatic nitrogens is 3. The number of ether oxygens (including phenoxy) is 2. The number of carboxylic acids is 1. The number of nitrogen functional groups attached to an aromatic ring is 1. The first-order valence-corrected chi connectivity index (χ1v) is 12.6. The highest BCUT2D eigenvalue weighted by Crippen LogP contribution is 2.37. The molecule has 2 aromatic heterocycles.